The van der Waals surface area contributed by atoms with Crippen LogP contribution in [0.25, 0.3) is 11.3 Å². The van der Waals surface area contributed by atoms with E-state index in [0.717, 1.165) is 16.8 Å². The monoisotopic (exact) mass is 400 g/mol. The molecule has 2 amide bonds. The molecule has 1 heterocycles. The number of hydrogen-bond acceptors (Lipinski definition) is 4. The number of guanidine groups is 1. The minimum absolute atomic E-state index is 0.0228. The van der Waals surface area contributed by atoms with Gasteiger partial charge in [-0.15, -0.1) is 0 Å². The Morgan fingerprint density at radius 1 is 1.17 bits per heavy atom. The van der Waals surface area contributed by atoms with Crippen molar-refractivity contribution in [1.29, 1.82) is 0 Å². The summed E-state index contributed by atoms with van der Waals surface area (Å²) < 4.78 is 0. The van der Waals surface area contributed by atoms with Gasteiger partial charge in [0.2, 0.25) is 5.91 Å². The molecule has 0 aliphatic rings. The summed E-state index contributed by atoms with van der Waals surface area (Å²) in [6, 6.07) is 10.7. The van der Waals surface area contributed by atoms with Gasteiger partial charge in [0.1, 0.15) is 11.7 Å². The van der Waals surface area contributed by atoms with Crippen LogP contribution in [-0.4, -0.2) is 53.6 Å². The first kappa shape index (κ1) is 22.0. The van der Waals surface area contributed by atoms with Gasteiger partial charge in [0, 0.05) is 18.8 Å². The topological polar surface area (TPSA) is 159 Å². The van der Waals surface area contributed by atoms with Gasteiger partial charge < -0.3 is 32.2 Å². The maximum atomic E-state index is 12.6. The van der Waals surface area contributed by atoms with E-state index in [1.54, 1.807) is 6.07 Å². The first-order valence-corrected chi connectivity index (χ1v) is 9.41. The van der Waals surface area contributed by atoms with Crippen LogP contribution in [0.1, 0.15) is 28.9 Å². The Morgan fingerprint density at radius 2 is 1.90 bits per heavy atom. The number of aromatic amines is 1. The number of aromatic nitrogens is 1. The molecule has 0 bridgehead atoms. The smallest absolute Gasteiger partial charge is 0.268 e. The van der Waals surface area contributed by atoms with Crippen molar-refractivity contribution >= 4 is 17.8 Å². The predicted molar refractivity (Wildman–Crippen MR) is 112 cm³/mol. The van der Waals surface area contributed by atoms with Crippen molar-refractivity contribution < 1.29 is 14.7 Å². The van der Waals surface area contributed by atoms with Gasteiger partial charge in [0.15, 0.2) is 5.96 Å². The van der Waals surface area contributed by atoms with Crippen LogP contribution in [0.5, 0.6) is 0 Å². The first-order chi connectivity index (χ1) is 13.9. The van der Waals surface area contributed by atoms with E-state index in [9.17, 15) is 9.59 Å². The molecule has 0 saturated heterocycles. The summed E-state index contributed by atoms with van der Waals surface area (Å²) in [5.41, 5.74) is 13.9. The summed E-state index contributed by atoms with van der Waals surface area (Å²) >= 11 is 0. The van der Waals surface area contributed by atoms with Crippen molar-refractivity contribution in [3.05, 3.63) is 47.7 Å². The highest BCUT2D eigenvalue weighted by Gasteiger charge is 2.21. The number of amides is 2. The fourth-order valence-corrected chi connectivity index (χ4v) is 2.74. The number of carbonyl (C=O) groups is 2. The second kappa shape index (κ2) is 10.9. The van der Waals surface area contributed by atoms with Gasteiger partial charge in [-0.25, -0.2) is 0 Å². The number of H-pyrrole nitrogens is 1. The molecule has 0 fully saturated rings. The summed E-state index contributed by atoms with van der Waals surface area (Å²) in [7, 11) is 0. The van der Waals surface area contributed by atoms with Gasteiger partial charge in [0.05, 0.1) is 6.61 Å². The minimum atomic E-state index is -0.769. The van der Waals surface area contributed by atoms with E-state index in [2.05, 4.69) is 20.6 Å². The molecule has 0 radical (unpaired) electrons. The molecule has 2 rings (SSSR count). The molecule has 1 unspecified atom stereocenters. The molecular weight excluding hydrogens is 372 g/mol. The Kier molecular flexibility index (Phi) is 8.23. The summed E-state index contributed by atoms with van der Waals surface area (Å²) in [5, 5.41) is 14.2. The second-order valence-electron chi connectivity index (χ2n) is 6.64. The van der Waals surface area contributed by atoms with E-state index < -0.39 is 11.9 Å². The summed E-state index contributed by atoms with van der Waals surface area (Å²) in [6.07, 6.45) is 0.861. The predicted octanol–water partition coefficient (Wildman–Crippen LogP) is 0.251. The van der Waals surface area contributed by atoms with Crippen LogP contribution in [0.15, 0.2) is 41.4 Å². The van der Waals surface area contributed by atoms with Crippen LogP contribution < -0.4 is 22.1 Å². The van der Waals surface area contributed by atoms with Crippen molar-refractivity contribution in [1.82, 2.24) is 15.6 Å². The zero-order chi connectivity index (χ0) is 21.2. The molecule has 0 saturated carbocycles. The molecule has 0 aliphatic heterocycles. The minimum Gasteiger partial charge on any atom is -0.395 e. The molecule has 9 nitrogen and oxygen atoms in total. The van der Waals surface area contributed by atoms with Crippen LogP contribution in [0.4, 0.5) is 0 Å². The average molecular weight is 400 g/mol. The van der Waals surface area contributed by atoms with Crippen molar-refractivity contribution in [2.24, 2.45) is 16.5 Å². The zero-order valence-corrected chi connectivity index (χ0v) is 16.4. The molecule has 156 valence electrons. The largest absolute Gasteiger partial charge is 0.395 e. The Labute approximate surface area is 169 Å². The lowest BCUT2D eigenvalue weighted by Crippen LogP contribution is -2.47. The quantitative estimate of drug-likeness (QED) is 0.191. The van der Waals surface area contributed by atoms with Crippen LogP contribution in [0.3, 0.4) is 0 Å². The highest BCUT2D eigenvalue weighted by atomic mass is 16.3. The molecule has 9 heteroatoms. The maximum absolute atomic E-state index is 12.6. The number of aliphatic hydroxyl groups is 1. The fraction of sp³-hybridized carbons (Fsp3) is 0.350. The lowest BCUT2D eigenvalue weighted by molar-refractivity contribution is -0.123. The van der Waals surface area contributed by atoms with E-state index in [0.29, 0.717) is 25.1 Å². The lowest BCUT2D eigenvalue weighted by atomic mass is 10.1. The number of aliphatic hydroxyl groups excluding tert-OH is 1. The highest BCUT2D eigenvalue weighted by Crippen LogP contribution is 2.19. The number of benzene rings is 1. The van der Waals surface area contributed by atoms with Gasteiger partial charge in [0.25, 0.3) is 5.91 Å². The van der Waals surface area contributed by atoms with Crippen molar-refractivity contribution in [3.8, 4) is 11.3 Å². The van der Waals surface area contributed by atoms with Crippen LogP contribution in [0, 0.1) is 6.92 Å². The maximum Gasteiger partial charge on any atom is 0.268 e. The highest BCUT2D eigenvalue weighted by molar-refractivity contribution is 5.96. The van der Waals surface area contributed by atoms with E-state index in [4.69, 9.17) is 16.6 Å². The third-order valence-corrected chi connectivity index (χ3v) is 4.27. The summed E-state index contributed by atoms with van der Waals surface area (Å²) in [5.74, 6) is -0.790. The number of aryl methyl sites for hydroxylation is 1. The Morgan fingerprint density at radius 3 is 2.55 bits per heavy atom. The Bertz CT molecular complexity index is 840. The molecule has 8 N–H and O–H groups in total. The Balaban J connectivity index is 2.04. The van der Waals surface area contributed by atoms with Crippen LogP contribution in [0.2, 0.25) is 0 Å². The van der Waals surface area contributed by atoms with Gasteiger partial charge in [-0.2, -0.15) is 0 Å². The lowest BCUT2D eigenvalue weighted by Gasteiger charge is -2.17. The van der Waals surface area contributed by atoms with Crippen molar-refractivity contribution in [3.63, 3.8) is 0 Å². The van der Waals surface area contributed by atoms with E-state index in [1.165, 1.54) is 0 Å². The molecule has 1 atom stereocenters. The molecule has 0 aliphatic carbocycles. The fourth-order valence-electron chi connectivity index (χ4n) is 2.74. The van der Waals surface area contributed by atoms with E-state index >= 15 is 0 Å². The number of nitrogens with one attached hydrogen (secondary N) is 3. The van der Waals surface area contributed by atoms with E-state index in [-0.39, 0.29) is 25.0 Å². The van der Waals surface area contributed by atoms with Gasteiger partial charge in [-0.1, -0.05) is 29.8 Å². The van der Waals surface area contributed by atoms with Crippen molar-refractivity contribution in [2.45, 2.75) is 25.8 Å². The normalized spacial score (nSPS) is 11.5. The van der Waals surface area contributed by atoms with Gasteiger partial charge >= 0.3 is 0 Å². The number of hydrogen-bond donors (Lipinski definition) is 6. The Hall–Kier alpha value is -3.33. The summed E-state index contributed by atoms with van der Waals surface area (Å²) in [6.45, 7) is 2.28. The third kappa shape index (κ3) is 6.96. The average Bonchev–Trinajstić information content (AvgIpc) is 3.19. The second-order valence-corrected chi connectivity index (χ2v) is 6.64. The number of rotatable bonds is 10. The number of nitrogens with two attached hydrogens (primary N) is 2. The number of aliphatic imine (C=N–C) groups is 1. The molecule has 2 aromatic rings. The third-order valence-electron chi connectivity index (χ3n) is 4.27. The van der Waals surface area contributed by atoms with Crippen LogP contribution in [-0.2, 0) is 4.79 Å². The number of nitrogens with zero attached hydrogens (tertiary/aromatic N) is 1. The SMILES string of the molecule is Cc1ccc(-c2ccc(C(=O)NC(CCCN=C(N)N)C(=O)NCCO)[nH]2)cc1. The molecule has 0 spiro atoms. The van der Waals surface area contributed by atoms with Gasteiger partial charge in [-0.05, 0) is 37.5 Å². The van der Waals surface area contributed by atoms with Crippen LogP contribution >= 0.6 is 0 Å². The van der Waals surface area contributed by atoms with E-state index in [1.807, 2.05) is 37.3 Å². The standard InChI is InChI=1S/C20H28N6O3/c1-13-4-6-14(7-5-13)15-8-9-17(25-15)19(29)26-16(18(28)23-11-12-27)3-2-10-24-20(21)22/h4-9,16,25,27H,2-3,10-12H2,1H3,(H,23,28)(H,26,29)(H4,21,22,24). The first-order valence-electron chi connectivity index (χ1n) is 9.41. The summed E-state index contributed by atoms with van der Waals surface area (Å²) in [4.78, 5) is 31.9. The zero-order valence-electron chi connectivity index (χ0n) is 16.4. The molecule has 29 heavy (non-hydrogen) atoms. The molecule has 1 aromatic heterocycles. The van der Waals surface area contributed by atoms with Gasteiger partial charge in [-0.3, -0.25) is 14.6 Å². The van der Waals surface area contributed by atoms with Crippen molar-refractivity contribution in [2.75, 3.05) is 19.7 Å². The molecular formula is C20H28N6O3. The number of carbonyl (C=O) groups excluding carboxylic acids is 2. The molecule has 1 aromatic carbocycles.